The van der Waals surface area contributed by atoms with Gasteiger partial charge in [0.15, 0.2) is 0 Å². The zero-order valence-electron chi connectivity index (χ0n) is 33.1. The van der Waals surface area contributed by atoms with E-state index in [1.165, 1.54) is 99.6 Å². The fourth-order valence-corrected chi connectivity index (χ4v) is 12.3. The SMILES string of the molecule is CC1(C)c2ccccc2-c2c(N(c3ccccc3)c3ccc(C4(c5ccc(N(c6ccccc6)c6ccccc6)cc5)C5CC6CC(C5)CC4C6)cc3)cccc21. The van der Waals surface area contributed by atoms with E-state index in [0.717, 1.165) is 11.8 Å². The van der Waals surface area contributed by atoms with E-state index in [4.69, 9.17) is 0 Å². The smallest absolute Gasteiger partial charge is 0.0543 e. The molecular weight excluding hydrogens is 689 g/mol. The molecule has 4 bridgehead atoms. The highest BCUT2D eigenvalue weighted by atomic mass is 15.1. The molecule has 7 aromatic rings. The number of rotatable bonds is 8. The van der Waals surface area contributed by atoms with Crippen LogP contribution in [0.4, 0.5) is 34.1 Å². The summed E-state index contributed by atoms with van der Waals surface area (Å²) in [4.78, 5) is 4.89. The summed E-state index contributed by atoms with van der Waals surface area (Å²) in [5.41, 5.74) is 15.6. The van der Waals surface area contributed by atoms with E-state index in [1.807, 2.05) is 0 Å². The molecule has 2 heteroatoms. The largest absolute Gasteiger partial charge is 0.311 e. The predicted octanol–water partition coefficient (Wildman–Crippen LogP) is 14.7. The highest BCUT2D eigenvalue weighted by molar-refractivity contribution is 5.95. The minimum Gasteiger partial charge on any atom is -0.311 e. The van der Waals surface area contributed by atoms with Gasteiger partial charge in [-0.15, -0.1) is 0 Å². The molecule has 0 saturated heterocycles. The van der Waals surface area contributed by atoms with Crippen molar-refractivity contribution >= 4 is 34.1 Å². The van der Waals surface area contributed by atoms with Gasteiger partial charge in [-0.3, -0.25) is 0 Å². The Kier molecular flexibility index (Phi) is 8.07. The molecule has 4 saturated carbocycles. The van der Waals surface area contributed by atoms with Gasteiger partial charge in [-0.1, -0.05) is 129 Å². The van der Waals surface area contributed by atoms with Crippen LogP contribution in [0.25, 0.3) is 11.1 Å². The fourth-order valence-electron chi connectivity index (χ4n) is 12.3. The van der Waals surface area contributed by atoms with Crippen molar-refractivity contribution in [3.05, 3.63) is 204 Å². The summed E-state index contributed by atoms with van der Waals surface area (Å²) in [5, 5.41) is 0. The lowest BCUT2D eigenvalue weighted by atomic mass is 9.42. The van der Waals surface area contributed by atoms with Gasteiger partial charge in [-0.05, 0) is 150 Å². The van der Waals surface area contributed by atoms with Crippen molar-refractivity contribution in [2.75, 3.05) is 9.80 Å². The normalized spacial score (nSPS) is 23.5. The van der Waals surface area contributed by atoms with Gasteiger partial charge in [0.05, 0.1) is 5.69 Å². The van der Waals surface area contributed by atoms with Crippen LogP contribution in [-0.2, 0) is 10.8 Å². The minimum absolute atomic E-state index is 0.00331. The molecule has 2 nitrogen and oxygen atoms in total. The number of benzene rings is 7. The first-order chi connectivity index (χ1) is 28.0. The number of fused-ring (bicyclic) bond motifs is 3. The number of anilines is 6. The van der Waals surface area contributed by atoms with Gasteiger partial charge in [0.25, 0.3) is 0 Å². The molecular formula is C55H50N2. The Bertz CT molecular complexity index is 2470. The van der Waals surface area contributed by atoms with Crippen LogP contribution in [0, 0.1) is 23.7 Å². The van der Waals surface area contributed by atoms with Crippen molar-refractivity contribution < 1.29 is 0 Å². The van der Waals surface area contributed by atoms with E-state index in [0.29, 0.717) is 11.8 Å². The number of hydrogen-bond acceptors (Lipinski definition) is 2. The third kappa shape index (κ3) is 5.37. The maximum Gasteiger partial charge on any atom is 0.0543 e. The second-order valence-corrected chi connectivity index (χ2v) is 17.8. The van der Waals surface area contributed by atoms with Crippen molar-refractivity contribution in [1.29, 1.82) is 0 Å². The molecule has 0 aliphatic heterocycles. The van der Waals surface area contributed by atoms with Gasteiger partial charge in [0.1, 0.15) is 0 Å². The summed E-state index contributed by atoms with van der Waals surface area (Å²) in [6, 6.07) is 68.2. The van der Waals surface area contributed by atoms with Crippen LogP contribution in [0.2, 0.25) is 0 Å². The van der Waals surface area contributed by atoms with Crippen LogP contribution in [-0.4, -0.2) is 0 Å². The molecule has 12 rings (SSSR count). The van der Waals surface area contributed by atoms with Crippen LogP contribution in [0.5, 0.6) is 0 Å². The Hall–Kier alpha value is -5.86. The Labute approximate surface area is 338 Å². The predicted molar refractivity (Wildman–Crippen MR) is 238 cm³/mol. The average molecular weight is 739 g/mol. The zero-order valence-corrected chi connectivity index (χ0v) is 33.1. The summed E-state index contributed by atoms with van der Waals surface area (Å²) in [5.74, 6) is 3.08. The van der Waals surface area contributed by atoms with Crippen molar-refractivity contribution in [3.63, 3.8) is 0 Å². The van der Waals surface area contributed by atoms with Crippen LogP contribution < -0.4 is 9.80 Å². The van der Waals surface area contributed by atoms with Crippen LogP contribution in [0.3, 0.4) is 0 Å². The Morgan fingerprint density at radius 3 is 1.33 bits per heavy atom. The molecule has 5 aliphatic carbocycles. The monoisotopic (exact) mass is 738 g/mol. The summed E-state index contributed by atoms with van der Waals surface area (Å²) >= 11 is 0. The Balaban J connectivity index is 1.03. The standard InChI is InChI=1S/C55H50N2/c1-54(2)50-22-13-12-21-49(50)53-51(54)23-14-24-52(53)57(46-19-10-5-11-20-46)48-31-27-41(28-32-48)55(42-34-38-33-39(36-42)37-43(55)35-38)40-25-29-47(30-26-40)56(44-15-6-3-7-16-44)45-17-8-4-9-18-45/h3-32,38-39,42-43H,33-37H2,1-2H3. The lowest BCUT2D eigenvalue weighted by Gasteiger charge is -2.62. The molecule has 280 valence electrons. The molecule has 4 fully saturated rings. The van der Waals surface area contributed by atoms with E-state index in [2.05, 4.69) is 206 Å². The van der Waals surface area contributed by atoms with E-state index in [9.17, 15) is 0 Å². The minimum atomic E-state index is -0.0607. The lowest BCUT2D eigenvalue weighted by molar-refractivity contribution is -0.0418. The van der Waals surface area contributed by atoms with Crippen molar-refractivity contribution in [2.24, 2.45) is 23.7 Å². The van der Waals surface area contributed by atoms with Gasteiger partial charge in [-0.2, -0.15) is 0 Å². The molecule has 5 aliphatic rings. The van der Waals surface area contributed by atoms with Gasteiger partial charge in [-0.25, -0.2) is 0 Å². The molecule has 0 aromatic heterocycles. The molecule has 57 heavy (non-hydrogen) atoms. The molecule has 0 unspecified atom stereocenters. The van der Waals surface area contributed by atoms with Gasteiger partial charge >= 0.3 is 0 Å². The third-order valence-electron chi connectivity index (χ3n) is 14.5. The summed E-state index contributed by atoms with van der Waals surface area (Å²) in [6.07, 6.45) is 6.82. The van der Waals surface area contributed by atoms with E-state index < -0.39 is 0 Å². The van der Waals surface area contributed by atoms with E-state index in [1.54, 1.807) is 0 Å². The zero-order chi connectivity index (χ0) is 38.1. The topological polar surface area (TPSA) is 6.48 Å². The number of hydrogen-bond donors (Lipinski definition) is 0. The quantitative estimate of drug-likeness (QED) is 0.153. The first-order valence-corrected chi connectivity index (χ1v) is 21.2. The van der Waals surface area contributed by atoms with Gasteiger partial charge < -0.3 is 9.80 Å². The maximum absolute atomic E-state index is 2.52. The maximum atomic E-state index is 2.52. The second kappa shape index (κ2) is 13.4. The molecule has 0 spiro atoms. The highest BCUT2D eigenvalue weighted by Gasteiger charge is 2.58. The number of nitrogens with zero attached hydrogens (tertiary/aromatic N) is 2. The van der Waals surface area contributed by atoms with E-state index in [-0.39, 0.29) is 10.8 Å². The van der Waals surface area contributed by atoms with E-state index >= 15 is 0 Å². The van der Waals surface area contributed by atoms with Crippen molar-refractivity contribution in [1.82, 2.24) is 0 Å². The Morgan fingerprint density at radius 2 is 0.807 bits per heavy atom. The third-order valence-corrected chi connectivity index (χ3v) is 14.5. The lowest BCUT2D eigenvalue weighted by Crippen LogP contribution is -2.56. The van der Waals surface area contributed by atoms with Crippen molar-refractivity contribution in [2.45, 2.75) is 56.8 Å². The first kappa shape index (κ1) is 34.4. The summed E-state index contributed by atoms with van der Waals surface area (Å²) in [6.45, 7) is 4.75. The van der Waals surface area contributed by atoms with Crippen LogP contribution in [0.15, 0.2) is 182 Å². The molecule has 0 N–H and O–H groups in total. The van der Waals surface area contributed by atoms with Gasteiger partial charge in [0, 0.05) is 44.8 Å². The summed E-state index contributed by atoms with van der Waals surface area (Å²) in [7, 11) is 0. The molecule has 0 radical (unpaired) electrons. The molecule has 0 atom stereocenters. The first-order valence-electron chi connectivity index (χ1n) is 21.2. The fraction of sp³-hybridized carbons (Fsp3) is 0.236. The van der Waals surface area contributed by atoms with Crippen LogP contribution >= 0.6 is 0 Å². The summed E-state index contributed by atoms with van der Waals surface area (Å²) < 4.78 is 0. The average Bonchev–Trinajstić information content (AvgIpc) is 3.49. The van der Waals surface area contributed by atoms with Gasteiger partial charge in [0.2, 0.25) is 0 Å². The highest BCUT2D eigenvalue weighted by Crippen LogP contribution is 2.65. The Morgan fingerprint density at radius 1 is 0.386 bits per heavy atom. The number of para-hydroxylation sites is 3. The molecule has 0 heterocycles. The molecule has 0 amide bonds. The van der Waals surface area contributed by atoms with Crippen LogP contribution in [0.1, 0.15) is 68.2 Å². The molecule has 7 aromatic carbocycles. The van der Waals surface area contributed by atoms with Crippen molar-refractivity contribution in [3.8, 4) is 11.1 Å². The second-order valence-electron chi connectivity index (χ2n) is 17.8.